The van der Waals surface area contributed by atoms with E-state index in [4.69, 9.17) is 0 Å². The van der Waals surface area contributed by atoms with Crippen LogP contribution in [0.15, 0.2) is 24.4 Å². The molecule has 2 rings (SSSR count). The third-order valence-corrected chi connectivity index (χ3v) is 4.42. The van der Waals surface area contributed by atoms with Crippen LogP contribution in [0.25, 0.3) is 0 Å². The van der Waals surface area contributed by atoms with E-state index in [-0.39, 0.29) is 5.75 Å². The van der Waals surface area contributed by atoms with Crippen LogP contribution in [0, 0.1) is 0 Å². The number of nitrogens with zero attached hydrogens (tertiary/aromatic N) is 2. The first-order valence-corrected chi connectivity index (χ1v) is 6.67. The van der Waals surface area contributed by atoms with Crippen molar-refractivity contribution in [3.05, 3.63) is 30.1 Å². The van der Waals surface area contributed by atoms with Gasteiger partial charge in [0.25, 0.3) is 0 Å². The summed E-state index contributed by atoms with van der Waals surface area (Å²) >= 11 is 0. The Labute approximate surface area is 90.0 Å². The van der Waals surface area contributed by atoms with Crippen molar-refractivity contribution in [1.82, 2.24) is 9.29 Å². The summed E-state index contributed by atoms with van der Waals surface area (Å²) in [5.74, 6) is 0.278. The second-order valence-electron chi connectivity index (χ2n) is 3.68. The number of aromatic nitrogens is 1. The van der Waals surface area contributed by atoms with Gasteiger partial charge in [0.1, 0.15) is 0 Å². The maximum atomic E-state index is 11.7. The van der Waals surface area contributed by atoms with Crippen molar-refractivity contribution in [1.29, 1.82) is 0 Å². The normalized spacial score (nSPS) is 21.3. The lowest BCUT2D eigenvalue weighted by Crippen LogP contribution is -2.37. The standard InChI is InChI=1S/C10H14N2O2S/c13-15(14)8-4-3-7-12(15)9-10-5-1-2-6-11-10/h1-2,5-6H,3-4,7-9H2. The summed E-state index contributed by atoms with van der Waals surface area (Å²) in [6.45, 7) is 1.03. The summed E-state index contributed by atoms with van der Waals surface area (Å²) in [5.41, 5.74) is 0.808. The number of hydrogen-bond acceptors (Lipinski definition) is 3. The Bertz CT molecular complexity index is 416. The Kier molecular flexibility index (Phi) is 3.02. The highest BCUT2D eigenvalue weighted by molar-refractivity contribution is 7.89. The average molecular weight is 226 g/mol. The summed E-state index contributed by atoms with van der Waals surface area (Å²) in [7, 11) is -3.03. The zero-order valence-electron chi connectivity index (χ0n) is 8.46. The molecule has 5 heteroatoms. The van der Waals surface area contributed by atoms with E-state index in [2.05, 4.69) is 4.98 Å². The molecule has 1 aliphatic heterocycles. The molecule has 1 aromatic rings. The highest BCUT2D eigenvalue weighted by atomic mass is 32.2. The Morgan fingerprint density at radius 2 is 2.20 bits per heavy atom. The van der Waals surface area contributed by atoms with Crippen LogP contribution >= 0.6 is 0 Å². The van der Waals surface area contributed by atoms with Crippen LogP contribution in [0.2, 0.25) is 0 Å². The molecule has 1 fully saturated rings. The Morgan fingerprint density at radius 1 is 1.33 bits per heavy atom. The van der Waals surface area contributed by atoms with Crippen LogP contribution in [0.3, 0.4) is 0 Å². The second-order valence-corrected chi connectivity index (χ2v) is 5.77. The van der Waals surface area contributed by atoms with Gasteiger partial charge in [0.2, 0.25) is 10.0 Å². The minimum Gasteiger partial charge on any atom is -0.260 e. The minimum absolute atomic E-state index is 0.278. The number of rotatable bonds is 2. The van der Waals surface area contributed by atoms with Crippen LogP contribution in [0.5, 0.6) is 0 Å². The number of hydrogen-bond donors (Lipinski definition) is 0. The Morgan fingerprint density at radius 3 is 2.87 bits per heavy atom. The van der Waals surface area contributed by atoms with Crippen LogP contribution in [-0.4, -0.2) is 30.0 Å². The quantitative estimate of drug-likeness (QED) is 0.756. The second kappa shape index (κ2) is 4.28. The van der Waals surface area contributed by atoms with Crippen molar-refractivity contribution >= 4 is 10.0 Å². The molecule has 0 spiro atoms. The average Bonchev–Trinajstić information content (AvgIpc) is 2.23. The molecule has 2 heterocycles. The maximum absolute atomic E-state index is 11.7. The van der Waals surface area contributed by atoms with Crippen molar-refractivity contribution in [2.45, 2.75) is 19.4 Å². The van der Waals surface area contributed by atoms with Crippen LogP contribution in [-0.2, 0) is 16.6 Å². The highest BCUT2D eigenvalue weighted by Crippen LogP contribution is 2.15. The van der Waals surface area contributed by atoms with Crippen LogP contribution in [0.4, 0.5) is 0 Å². The van der Waals surface area contributed by atoms with E-state index in [1.54, 1.807) is 6.20 Å². The molecule has 82 valence electrons. The largest absolute Gasteiger partial charge is 0.260 e. The molecule has 1 saturated heterocycles. The molecular formula is C10H14N2O2S. The third kappa shape index (κ3) is 2.54. The Hall–Kier alpha value is -0.940. The van der Waals surface area contributed by atoms with Gasteiger partial charge < -0.3 is 0 Å². The highest BCUT2D eigenvalue weighted by Gasteiger charge is 2.25. The monoisotopic (exact) mass is 226 g/mol. The van der Waals surface area contributed by atoms with Gasteiger partial charge in [0.15, 0.2) is 0 Å². The molecule has 0 aliphatic carbocycles. The van der Waals surface area contributed by atoms with Gasteiger partial charge in [-0.15, -0.1) is 0 Å². The molecule has 4 nitrogen and oxygen atoms in total. The molecule has 0 aromatic carbocycles. The van der Waals surface area contributed by atoms with E-state index in [0.29, 0.717) is 13.1 Å². The van der Waals surface area contributed by atoms with Gasteiger partial charge in [0.05, 0.1) is 18.0 Å². The number of pyridine rings is 1. The molecule has 15 heavy (non-hydrogen) atoms. The predicted molar refractivity (Wildman–Crippen MR) is 57.7 cm³/mol. The lowest BCUT2D eigenvalue weighted by atomic mass is 10.3. The summed E-state index contributed by atoms with van der Waals surface area (Å²) < 4.78 is 24.9. The van der Waals surface area contributed by atoms with Gasteiger partial charge in [-0.25, -0.2) is 8.42 Å². The lowest BCUT2D eigenvalue weighted by Gasteiger charge is -2.25. The van der Waals surface area contributed by atoms with Crippen molar-refractivity contribution < 1.29 is 8.42 Å². The first kappa shape index (κ1) is 10.6. The van der Waals surface area contributed by atoms with Crippen molar-refractivity contribution in [3.8, 4) is 0 Å². The first-order chi connectivity index (χ1) is 7.18. The fraction of sp³-hybridized carbons (Fsp3) is 0.500. The Balaban J connectivity index is 2.12. The van der Waals surface area contributed by atoms with Gasteiger partial charge in [-0.05, 0) is 25.0 Å². The van der Waals surface area contributed by atoms with Gasteiger partial charge in [-0.1, -0.05) is 6.07 Å². The fourth-order valence-electron chi connectivity index (χ4n) is 1.69. The molecule has 0 bridgehead atoms. The van der Waals surface area contributed by atoms with E-state index in [1.807, 2.05) is 18.2 Å². The van der Waals surface area contributed by atoms with Crippen LogP contribution in [0.1, 0.15) is 18.5 Å². The summed E-state index contributed by atoms with van der Waals surface area (Å²) in [5, 5.41) is 0. The topological polar surface area (TPSA) is 50.3 Å². The zero-order valence-corrected chi connectivity index (χ0v) is 9.28. The molecule has 0 N–H and O–H groups in total. The van der Waals surface area contributed by atoms with Gasteiger partial charge >= 0.3 is 0 Å². The molecular weight excluding hydrogens is 212 g/mol. The van der Waals surface area contributed by atoms with Gasteiger partial charge in [-0.2, -0.15) is 4.31 Å². The van der Waals surface area contributed by atoms with E-state index in [0.717, 1.165) is 18.5 Å². The zero-order chi connectivity index (χ0) is 10.7. The van der Waals surface area contributed by atoms with Crippen molar-refractivity contribution in [3.63, 3.8) is 0 Å². The van der Waals surface area contributed by atoms with E-state index >= 15 is 0 Å². The van der Waals surface area contributed by atoms with E-state index in [9.17, 15) is 8.42 Å². The van der Waals surface area contributed by atoms with Gasteiger partial charge in [0, 0.05) is 12.7 Å². The molecule has 0 amide bonds. The SMILES string of the molecule is O=S1(=O)CCCCN1Cc1ccccn1. The molecule has 1 aliphatic rings. The molecule has 1 aromatic heterocycles. The van der Waals surface area contributed by atoms with Crippen molar-refractivity contribution in [2.75, 3.05) is 12.3 Å². The van der Waals surface area contributed by atoms with E-state index in [1.165, 1.54) is 4.31 Å². The van der Waals surface area contributed by atoms with Gasteiger partial charge in [-0.3, -0.25) is 4.98 Å². The fourth-order valence-corrected chi connectivity index (χ4v) is 3.25. The smallest absolute Gasteiger partial charge is 0.214 e. The first-order valence-electron chi connectivity index (χ1n) is 5.06. The third-order valence-electron chi connectivity index (χ3n) is 2.52. The summed E-state index contributed by atoms with van der Waals surface area (Å²) in [4.78, 5) is 4.13. The van der Waals surface area contributed by atoms with Crippen LogP contribution < -0.4 is 0 Å². The van der Waals surface area contributed by atoms with E-state index < -0.39 is 10.0 Å². The molecule has 0 atom stereocenters. The molecule has 0 unspecified atom stereocenters. The lowest BCUT2D eigenvalue weighted by molar-refractivity contribution is 0.375. The minimum atomic E-state index is -3.03. The number of sulfonamides is 1. The predicted octanol–water partition coefficient (Wildman–Crippen LogP) is 1.01. The molecule has 0 saturated carbocycles. The molecule has 0 radical (unpaired) electrons. The van der Waals surface area contributed by atoms with Crippen molar-refractivity contribution in [2.24, 2.45) is 0 Å². The summed E-state index contributed by atoms with van der Waals surface area (Å²) in [6, 6.07) is 5.55. The maximum Gasteiger partial charge on any atom is 0.214 e. The summed E-state index contributed by atoms with van der Waals surface area (Å²) in [6.07, 6.45) is 3.42.